The van der Waals surface area contributed by atoms with E-state index < -0.39 is 0 Å². The number of anilines is 2. The van der Waals surface area contributed by atoms with Gasteiger partial charge in [0, 0.05) is 19.1 Å². The summed E-state index contributed by atoms with van der Waals surface area (Å²) in [4.78, 5) is 18.9. The summed E-state index contributed by atoms with van der Waals surface area (Å²) in [5.74, 6) is 2.50. The first kappa shape index (κ1) is 14.6. The van der Waals surface area contributed by atoms with Gasteiger partial charge in [0.1, 0.15) is 10.7 Å². The molecule has 7 heteroatoms. The van der Waals surface area contributed by atoms with Crippen LogP contribution in [0.15, 0.2) is 0 Å². The van der Waals surface area contributed by atoms with Gasteiger partial charge in [-0.1, -0.05) is 24.2 Å². The highest BCUT2D eigenvalue weighted by molar-refractivity contribution is 7.18. The minimum absolute atomic E-state index is 0.156. The van der Waals surface area contributed by atoms with Crippen LogP contribution in [0.2, 0.25) is 0 Å². The van der Waals surface area contributed by atoms with Crippen molar-refractivity contribution in [2.24, 2.45) is 5.73 Å². The zero-order valence-electron chi connectivity index (χ0n) is 11.4. The fourth-order valence-electron chi connectivity index (χ4n) is 2.06. The van der Waals surface area contributed by atoms with Gasteiger partial charge in [0.05, 0.1) is 6.04 Å². The highest BCUT2D eigenvalue weighted by atomic mass is 32.1. The van der Waals surface area contributed by atoms with E-state index in [4.69, 9.17) is 17.9 Å². The normalized spacial score (nSPS) is 19.6. The molecule has 0 saturated carbocycles. The van der Waals surface area contributed by atoms with Crippen molar-refractivity contribution in [1.82, 2.24) is 10.3 Å². The molecule has 0 bridgehead atoms. The number of terminal acetylenes is 1. The summed E-state index contributed by atoms with van der Waals surface area (Å²) in [7, 11) is 0. The van der Waals surface area contributed by atoms with Crippen LogP contribution in [0.5, 0.6) is 0 Å². The first-order chi connectivity index (χ1) is 9.55. The number of aromatic nitrogens is 1. The molecule has 2 atom stereocenters. The number of nitrogen functional groups attached to an aromatic ring is 1. The lowest BCUT2D eigenvalue weighted by atomic mass is 10.2. The van der Waals surface area contributed by atoms with E-state index in [1.165, 1.54) is 11.3 Å². The maximum Gasteiger partial charge on any atom is 0.266 e. The van der Waals surface area contributed by atoms with E-state index in [1.54, 1.807) is 0 Å². The Hall–Kier alpha value is -1.78. The van der Waals surface area contributed by atoms with Gasteiger partial charge in [-0.15, -0.1) is 6.42 Å². The third kappa shape index (κ3) is 3.03. The number of hydrogen-bond acceptors (Lipinski definition) is 6. The van der Waals surface area contributed by atoms with Gasteiger partial charge in [-0.3, -0.25) is 4.79 Å². The number of rotatable bonds is 4. The van der Waals surface area contributed by atoms with E-state index in [0.717, 1.165) is 24.6 Å². The van der Waals surface area contributed by atoms with Crippen LogP contribution in [-0.2, 0) is 0 Å². The number of nitrogens with two attached hydrogens (primary N) is 2. The highest BCUT2D eigenvalue weighted by Crippen LogP contribution is 2.30. The zero-order valence-corrected chi connectivity index (χ0v) is 12.2. The minimum atomic E-state index is -0.285. The summed E-state index contributed by atoms with van der Waals surface area (Å²) in [5.41, 5.74) is 11.7. The largest absolute Gasteiger partial charge is 0.382 e. The van der Waals surface area contributed by atoms with Crippen LogP contribution >= 0.6 is 11.3 Å². The van der Waals surface area contributed by atoms with Crippen LogP contribution in [0.3, 0.4) is 0 Å². The Morgan fingerprint density at radius 2 is 2.50 bits per heavy atom. The van der Waals surface area contributed by atoms with E-state index in [0.29, 0.717) is 11.3 Å². The molecule has 1 aliphatic rings. The average Bonchev–Trinajstić information content (AvgIpc) is 3.01. The molecule has 0 aliphatic carbocycles. The summed E-state index contributed by atoms with van der Waals surface area (Å²) in [6.45, 7) is 3.50. The van der Waals surface area contributed by atoms with Gasteiger partial charge < -0.3 is 21.7 Å². The monoisotopic (exact) mass is 293 g/mol. The van der Waals surface area contributed by atoms with E-state index >= 15 is 0 Å². The van der Waals surface area contributed by atoms with Crippen LogP contribution in [0.4, 0.5) is 10.9 Å². The average molecular weight is 293 g/mol. The van der Waals surface area contributed by atoms with Crippen molar-refractivity contribution in [2.75, 3.05) is 23.7 Å². The molecular weight excluding hydrogens is 274 g/mol. The number of hydrogen-bond donors (Lipinski definition) is 3. The van der Waals surface area contributed by atoms with Gasteiger partial charge in [-0.2, -0.15) is 0 Å². The molecule has 5 N–H and O–H groups in total. The first-order valence-corrected chi connectivity index (χ1v) is 7.40. The Labute approximate surface area is 122 Å². The zero-order chi connectivity index (χ0) is 14.7. The minimum Gasteiger partial charge on any atom is -0.382 e. The van der Waals surface area contributed by atoms with Crippen LogP contribution in [0.1, 0.15) is 29.4 Å². The lowest BCUT2D eigenvalue weighted by Gasteiger charge is -2.13. The van der Waals surface area contributed by atoms with E-state index in [2.05, 4.69) is 21.1 Å². The number of thiazole rings is 1. The summed E-state index contributed by atoms with van der Waals surface area (Å²) in [5, 5.41) is 3.50. The van der Waals surface area contributed by atoms with E-state index in [9.17, 15) is 4.79 Å². The second-order valence-electron chi connectivity index (χ2n) is 4.81. The molecule has 0 radical (unpaired) electrons. The van der Waals surface area contributed by atoms with Crippen molar-refractivity contribution in [3.63, 3.8) is 0 Å². The molecule has 6 nitrogen and oxygen atoms in total. The molecule has 108 valence electrons. The fourth-order valence-corrected chi connectivity index (χ4v) is 2.99. The van der Waals surface area contributed by atoms with Crippen molar-refractivity contribution >= 4 is 28.2 Å². The Bertz CT molecular complexity index is 535. The number of nitrogens with one attached hydrogen (secondary N) is 1. The van der Waals surface area contributed by atoms with Crippen molar-refractivity contribution in [3.8, 4) is 12.3 Å². The predicted molar refractivity (Wildman–Crippen MR) is 81.7 cm³/mol. The second kappa shape index (κ2) is 6.11. The maximum atomic E-state index is 12.1. The number of nitrogens with zero attached hydrogens (tertiary/aromatic N) is 2. The summed E-state index contributed by atoms with van der Waals surface area (Å²) in [6, 6.07) is -0.129. The molecule has 0 spiro atoms. The van der Waals surface area contributed by atoms with Gasteiger partial charge in [0.2, 0.25) is 0 Å². The SMILES string of the molecule is C#CC(CC)NC(=O)c1sc(N2CCC(N)C2)nc1N. The molecule has 2 unspecified atom stereocenters. The molecule has 20 heavy (non-hydrogen) atoms. The molecule has 2 heterocycles. The summed E-state index contributed by atoms with van der Waals surface area (Å²) >= 11 is 1.28. The molecule has 1 saturated heterocycles. The second-order valence-corrected chi connectivity index (χ2v) is 5.78. The smallest absolute Gasteiger partial charge is 0.266 e. The van der Waals surface area contributed by atoms with Crippen molar-refractivity contribution in [1.29, 1.82) is 0 Å². The molecule has 1 aromatic rings. The van der Waals surface area contributed by atoms with Crippen molar-refractivity contribution in [2.45, 2.75) is 31.8 Å². The molecule has 0 aromatic carbocycles. The van der Waals surface area contributed by atoms with Crippen LogP contribution in [-0.4, -0.2) is 36.1 Å². The molecular formula is C13H19N5OS. The Morgan fingerprint density at radius 1 is 1.75 bits per heavy atom. The van der Waals surface area contributed by atoms with Crippen molar-refractivity contribution in [3.05, 3.63) is 4.88 Å². The standard InChI is InChI=1S/C13H19N5OS/c1-3-9(4-2)16-12(19)10-11(15)17-13(20-10)18-6-5-8(14)7-18/h1,8-9H,4-7,14-15H2,2H3,(H,16,19). The number of amides is 1. The maximum absolute atomic E-state index is 12.1. The quantitative estimate of drug-likeness (QED) is 0.698. The van der Waals surface area contributed by atoms with Crippen LogP contribution in [0, 0.1) is 12.3 Å². The van der Waals surface area contributed by atoms with E-state index in [1.807, 2.05) is 6.92 Å². The summed E-state index contributed by atoms with van der Waals surface area (Å²) < 4.78 is 0. The van der Waals surface area contributed by atoms with Crippen molar-refractivity contribution < 1.29 is 4.79 Å². The molecule has 1 fully saturated rings. The van der Waals surface area contributed by atoms with Gasteiger partial charge in [-0.05, 0) is 12.8 Å². The van der Waals surface area contributed by atoms with Crippen LogP contribution in [0.25, 0.3) is 0 Å². The van der Waals surface area contributed by atoms with Gasteiger partial charge in [0.25, 0.3) is 5.91 Å². The topological polar surface area (TPSA) is 97.3 Å². The lowest BCUT2D eigenvalue weighted by molar-refractivity contribution is 0.0950. The Balaban J connectivity index is 2.11. The molecule has 1 amide bonds. The lowest BCUT2D eigenvalue weighted by Crippen LogP contribution is -2.33. The third-order valence-corrected chi connectivity index (χ3v) is 4.39. The predicted octanol–water partition coefficient (Wildman–Crippen LogP) is 0.404. The fraction of sp³-hybridized carbons (Fsp3) is 0.538. The number of carbonyl (C=O) groups is 1. The van der Waals surface area contributed by atoms with Gasteiger partial charge in [0.15, 0.2) is 5.13 Å². The molecule has 1 aromatic heterocycles. The van der Waals surface area contributed by atoms with Gasteiger partial charge >= 0.3 is 0 Å². The first-order valence-electron chi connectivity index (χ1n) is 6.59. The summed E-state index contributed by atoms with van der Waals surface area (Å²) in [6.07, 6.45) is 6.94. The Morgan fingerprint density at radius 3 is 3.05 bits per heavy atom. The van der Waals surface area contributed by atoms with E-state index in [-0.39, 0.29) is 23.8 Å². The Kier molecular flexibility index (Phi) is 4.47. The number of carbonyl (C=O) groups excluding carboxylic acids is 1. The van der Waals surface area contributed by atoms with Crippen LogP contribution < -0.4 is 21.7 Å². The van der Waals surface area contributed by atoms with Gasteiger partial charge in [-0.25, -0.2) is 4.98 Å². The molecule has 1 aliphatic heterocycles. The third-order valence-electron chi connectivity index (χ3n) is 3.26. The molecule has 2 rings (SSSR count). The highest BCUT2D eigenvalue weighted by Gasteiger charge is 2.25.